The van der Waals surface area contributed by atoms with E-state index in [4.69, 9.17) is 5.73 Å². The lowest BCUT2D eigenvalue weighted by atomic mass is 10.1. The van der Waals surface area contributed by atoms with Crippen molar-refractivity contribution in [3.05, 3.63) is 36.0 Å². The minimum absolute atomic E-state index is 0.425. The molecule has 0 bridgehead atoms. The number of nitrogens with one attached hydrogen (secondary N) is 1. The second kappa shape index (κ2) is 5.39. The predicted octanol–water partition coefficient (Wildman–Crippen LogP) is 1.57. The van der Waals surface area contributed by atoms with Gasteiger partial charge in [-0.05, 0) is 26.2 Å². The molecule has 18 heavy (non-hydrogen) atoms. The van der Waals surface area contributed by atoms with Gasteiger partial charge in [0.2, 0.25) is 0 Å². The van der Waals surface area contributed by atoms with Crippen LogP contribution in [0.5, 0.6) is 0 Å². The van der Waals surface area contributed by atoms with Crippen LogP contribution in [0.4, 0.5) is 5.95 Å². The summed E-state index contributed by atoms with van der Waals surface area (Å²) in [5.41, 5.74) is 8.50. The number of aromatic nitrogens is 2. The van der Waals surface area contributed by atoms with E-state index in [9.17, 15) is 0 Å². The minimum Gasteiger partial charge on any atom is -0.369 e. The molecule has 0 saturated carbocycles. The molecular formula is C14H16N4. The smallest absolute Gasteiger partial charge is 0.197 e. The molecule has 0 radical (unpaired) electrons. The summed E-state index contributed by atoms with van der Waals surface area (Å²) in [6.07, 6.45) is 1.72. The Bertz CT molecular complexity index is 587. The Morgan fingerprint density at radius 2 is 2.22 bits per heavy atom. The zero-order valence-corrected chi connectivity index (χ0v) is 10.6. The third-order valence-corrected chi connectivity index (χ3v) is 2.40. The first kappa shape index (κ1) is 12.2. The van der Waals surface area contributed by atoms with Crippen LogP contribution in [0.25, 0.3) is 11.3 Å². The number of hydrogen-bond acceptors (Lipinski definition) is 3. The number of benzene rings is 1. The summed E-state index contributed by atoms with van der Waals surface area (Å²) in [4.78, 5) is 9.03. The van der Waals surface area contributed by atoms with Crippen molar-refractivity contribution in [3.8, 4) is 23.1 Å². The number of H-pyrrole nitrogens is 1. The largest absolute Gasteiger partial charge is 0.369 e. The molecule has 0 saturated heterocycles. The first-order valence-electron chi connectivity index (χ1n) is 5.69. The summed E-state index contributed by atoms with van der Waals surface area (Å²) < 4.78 is 0. The molecule has 0 aliphatic carbocycles. The second-order valence-corrected chi connectivity index (χ2v) is 4.30. The van der Waals surface area contributed by atoms with Crippen LogP contribution in [-0.4, -0.2) is 35.5 Å². The lowest BCUT2D eigenvalue weighted by Crippen LogP contribution is -2.10. The van der Waals surface area contributed by atoms with E-state index >= 15 is 0 Å². The van der Waals surface area contributed by atoms with Crippen LogP contribution < -0.4 is 5.73 Å². The third-order valence-electron chi connectivity index (χ3n) is 2.40. The summed E-state index contributed by atoms with van der Waals surface area (Å²) in [6, 6.07) is 8.00. The van der Waals surface area contributed by atoms with Gasteiger partial charge in [0.25, 0.3) is 0 Å². The topological polar surface area (TPSA) is 57.9 Å². The zero-order chi connectivity index (χ0) is 13.0. The normalized spacial score (nSPS) is 10.2. The number of imidazole rings is 1. The van der Waals surface area contributed by atoms with E-state index in [1.54, 1.807) is 6.20 Å². The Labute approximate surface area is 107 Å². The van der Waals surface area contributed by atoms with Crippen molar-refractivity contribution < 1.29 is 0 Å². The maximum atomic E-state index is 5.57. The van der Waals surface area contributed by atoms with Gasteiger partial charge in [-0.1, -0.05) is 24.0 Å². The molecule has 0 unspecified atom stereocenters. The SMILES string of the molecule is CN(C)CC#Cc1cccc(-c2cnc(N)[nH]2)c1. The van der Waals surface area contributed by atoms with E-state index in [-0.39, 0.29) is 0 Å². The van der Waals surface area contributed by atoms with Crippen LogP contribution in [0, 0.1) is 11.8 Å². The Hall–Kier alpha value is -2.25. The zero-order valence-electron chi connectivity index (χ0n) is 10.6. The van der Waals surface area contributed by atoms with Crippen LogP contribution in [0.3, 0.4) is 0 Å². The molecule has 92 valence electrons. The summed E-state index contributed by atoms with van der Waals surface area (Å²) >= 11 is 0. The fraction of sp³-hybridized carbons (Fsp3) is 0.214. The first-order chi connectivity index (χ1) is 8.65. The minimum atomic E-state index is 0.425. The van der Waals surface area contributed by atoms with Crippen molar-refractivity contribution in [1.29, 1.82) is 0 Å². The fourth-order valence-corrected chi connectivity index (χ4v) is 1.55. The van der Waals surface area contributed by atoms with Gasteiger partial charge in [0, 0.05) is 11.1 Å². The molecular weight excluding hydrogens is 224 g/mol. The van der Waals surface area contributed by atoms with Gasteiger partial charge in [-0.15, -0.1) is 0 Å². The van der Waals surface area contributed by atoms with Gasteiger partial charge in [-0.25, -0.2) is 4.98 Å². The van der Waals surface area contributed by atoms with E-state index in [0.29, 0.717) is 5.95 Å². The van der Waals surface area contributed by atoms with E-state index in [1.165, 1.54) is 0 Å². The Balaban J connectivity index is 2.22. The summed E-state index contributed by atoms with van der Waals surface area (Å²) in [5.74, 6) is 6.67. The molecule has 4 heteroatoms. The highest BCUT2D eigenvalue weighted by molar-refractivity contribution is 5.62. The maximum Gasteiger partial charge on any atom is 0.197 e. The molecule has 1 aromatic carbocycles. The highest BCUT2D eigenvalue weighted by Crippen LogP contribution is 2.18. The Kier molecular flexibility index (Phi) is 3.66. The number of hydrogen-bond donors (Lipinski definition) is 2. The third kappa shape index (κ3) is 3.12. The van der Waals surface area contributed by atoms with Crippen LogP contribution in [0.1, 0.15) is 5.56 Å². The molecule has 0 amide bonds. The number of nitrogen functional groups attached to an aromatic ring is 1. The predicted molar refractivity (Wildman–Crippen MR) is 73.9 cm³/mol. The molecule has 2 aromatic rings. The average molecular weight is 240 g/mol. The second-order valence-electron chi connectivity index (χ2n) is 4.30. The fourth-order valence-electron chi connectivity index (χ4n) is 1.55. The van der Waals surface area contributed by atoms with Crippen molar-refractivity contribution in [2.24, 2.45) is 0 Å². The Morgan fingerprint density at radius 1 is 1.39 bits per heavy atom. The summed E-state index contributed by atoms with van der Waals surface area (Å²) in [5, 5.41) is 0. The van der Waals surface area contributed by atoms with Crippen molar-refractivity contribution in [1.82, 2.24) is 14.9 Å². The molecule has 0 atom stereocenters. The van der Waals surface area contributed by atoms with Crippen LogP contribution in [0.2, 0.25) is 0 Å². The first-order valence-corrected chi connectivity index (χ1v) is 5.69. The van der Waals surface area contributed by atoms with Crippen LogP contribution in [0.15, 0.2) is 30.5 Å². The average Bonchev–Trinajstić information content (AvgIpc) is 2.76. The molecule has 4 nitrogen and oxygen atoms in total. The van der Waals surface area contributed by atoms with E-state index in [2.05, 4.69) is 21.8 Å². The molecule has 0 aliphatic rings. The van der Waals surface area contributed by atoms with Gasteiger partial charge in [-0.2, -0.15) is 0 Å². The van der Waals surface area contributed by atoms with Gasteiger partial charge >= 0.3 is 0 Å². The molecule has 0 spiro atoms. The molecule has 0 aliphatic heterocycles. The van der Waals surface area contributed by atoms with Crippen LogP contribution >= 0.6 is 0 Å². The standard InChI is InChI=1S/C14H16N4/c1-18(2)8-4-6-11-5-3-7-12(9-11)13-10-16-14(15)17-13/h3,5,7,9-10H,8H2,1-2H3,(H3,15,16,17). The van der Waals surface area contributed by atoms with Gasteiger partial charge in [0.15, 0.2) is 5.95 Å². The van der Waals surface area contributed by atoms with Crippen molar-refractivity contribution in [3.63, 3.8) is 0 Å². The molecule has 3 N–H and O–H groups in total. The lowest BCUT2D eigenvalue weighted by molar-refractivity contribution is 0.464. The number of nitrogens with two attached hydrogens (primary N) is 1. The van der Waals surface area contributed by atoms with Crippen LogP contribution in [-0.2, 0) is 0 Å². The summed E-state index contributed by atoms with van der Waals surface area (Å²) in [6.45, 7) is 0.751. The van der Waals surface area contributed by atoms with Crippen molar-refractivity contribution in [2.45, 2.75) is 0 Å². The van der Waals surface area contributed by atoms with Gasteiger partial charge in [0.05, 0.1) is 18.4 Å². The van der Waals surface area contributed by atoms with Crippen molar-refractivity contribution >= 4 is 5.95 Å². The van der Waals surface area contributed by atoms with Gasteiger partial charge in [0.1, 0.15) is 0 Å². The molecule has 1 heterocycles. The quantitative estimate of drug-likeness (QED) is 0.783. The van der Waals surface area contributed by atoms with Gasteiger partial charge < -0.3 is 10.7 Å². The highest BCUT2D eigenvalue weighted by Gasteiger charge is 2.01. The number of aromatic amines is 1. The molecule has 2 rings (SSSR count). The lowest BCUT2D eigenvalue weighted by Gasteiger charge is -2.01. The number of anilines is 1. The molecule has 0 fully saturated rings. The van der Waals surface area contributed by atoms with E-state index in [0.717, 1.165) is 23.4 Å². The maximum absolute atomic E-state index is 5.57. The monoisotopic (exact) mass is 240 g/mol. The number of nitrogens with zero attached hydrogens (tertiary/aromatic N) is 2. The molecule has 1 aromatic heterocycles. The van der Waals surface area contributed by atoms with Crippen molar-refractivity contribution in [2.75, 3.05) is 26.4 Å². The van der Waals surface area contributed by atoms with Gasteiger partial charge in [-0.3, -0.25) is 4.90 Å². The number of rotatable bonds is 2. The highest BCUT2D eigenvalue weighted by atomic mass is 15.0. The van der Waals surface area contributed by atoms with E-state index in [1.807, 2.05) is 43.3 Å². The Morgan fingerprint density at radius 3 is 2.89 bits per heavy atom. The summed E-state index contributed by atoms with van der Waals surface area (Å²) in [7, 11) is 4.00. The van der Waals surface area contributed by atoms with E-state index < -0.39 is 0 Å².